The molecule has 1 rings (SSSR count). The number of primary amides is 1. The van der Waals surface area contributed by atoms with Crippen LogP contribution in [0.25, 0.3) is 0 Å². The number of carbonyl (C=O) groups excluding carboxylic acids is 2. The van der Waals surface area contributed by atoms with Crippen molar-refractivity contribution in [3.8, 4) is 0 Å². The first-order valence-electron chi connectivity index (χ1n) is 3.77. The van der Waals surface area contributed by atoms with E-state index in [-0.39, 0.29) is 23.9 Å². The number of rotatable bonds is 4. The maximum Gasteiger partial charge on any atom is 0.254 e. The van der Waals surface area contributed by atoms with E-state index < -0.39 is 5.91 Å². The molecule has 0 bridgehead atoms. The van der Waals surface area contributed by atoms with Gasteiger partial charge in [0.25, 0.3) is 11.8 Å². The molecule has 1 aromatic rings. The largest absolute Gasteiger partial charge is 0.375 e. The molecule has 76 valence electrons. The molecule has 0 spiro atoms. The van der Waals surface area contributed by atoms with Crippen LogP contribution in [0.3, 0.4) is 0 Å². The molecule has 0 unspecified atom stereocenters. The molecule has 4 N–H and O–H groups in total. The van der Waals surface area contributed by atoms with Gasteiger partial charge in [-0.3, -0.25) is 14.7 Å². The molecule has 0 fully saturated rings. The SMILES string of the molecule is COCC(=O)Nc1[nH]ncc1C(N)=O. The first kappa shape index (κ1) is 10.2. The van der Waals surface area contributed by atoms with E-state index in [1.54, 1.807) is 0 Å². The molecule has 14 heavy (non-hydrogen) atoms. The predicted octanol–water partition coefficient (Wildman–Crippen LogP) is -0.906. The van der Waals surface area contributed by atoms with Crippen LogP contribution in [-0.2, 0) is 9.53 Å². The van der Waals surface area contributed by atoms with Gasteiger partial charge >= 0.3 is 0 Å². The van der Waals surface area contributed by atoms with Crippen molar-refractivity contribution in [3.05, 3.63) is 11.8 Å². The van der Waals surface area contributed by atoms with Gasteiger partial charge in [0.1, 0.15) is 18.0 Å². The van der Waals surface area contributed by atoms with E-state index in [4.69, 9.17) is 5.73 Å². The number of hydrogen-bond donors (Lipinski definition) is 3. The van der Waals surface area contributed by atoms with Crippen molar-refractivity contribution in [3.63, 3.8) is 0 Å². The normalized spacial score (nSPS) is 9.79. The highest BCUT2D eigenvalue weighted by Gasteiger charge is 2.12. The molecule has 1 heterocycles. The van der Waals surface area contributed by atoms with E-state index in [1.807, 2.05) is 0 Å². The summed E-state index contributed by atoms with van der Waals surface area (Å²) in [5, 5.41) is 8.40. The molecule has 0 saturated heterocycles. The molecule has 7 heteroatoms. The number of methoxy groups -OCH3 is 1. The van der Waals surface area contributed by atoms with Crippen LogP contribution in [0.15, 0.2) is 6.20 Å². The van der Waals surface area contributed by atoms with Gasteiger partial charge in [0.05, 0.1) is 6.20 Å². The second-order valence-corrected chi connectivity index (χ2v) is 2.50. The van der Waals surface area contributed by atoms with Crippen molar-refractivity contribution in [2.75, 3.05) is 19.0 Å². The minimum Gasteiger partial charge on any atom is -0.375 e. The van der Waals surface area contributed by atoms with Gasteiger partial charge < -0.3 is 15.8 Å². The fourth-order valence-electron chi connectivity index (χ4n) is 0.875. The molecule has 0 atom stereocenters. The number of carbonyl (C=O) groups is 2. The smallest absolute Gasteiger partial charge is 0.254 e. The summed E-state index contributed by atoms with van der Waals surface area (Å²) in [6, 6.07) is 0. The first-order valence-corrected chi connectivity index (χ1v) is 3.77. The molecule has 0 aliphatic heterocycles. The number of nitrogens with zero attached hydrogens (tertiary/aromatic N) is 1. The number of ether oxygens (including phenoxy) is 1. The van der Waals surface area contributed by atoms with E-state index in [0.717, 1.165) is 0 Å². The van der Waals surface area contributed by atoms with Gasteiger partial charge in [0.15, 0.2) is 0 Å². The summed E-state index contributed by atoms with van der Waals surface area (Å²) in [6.45, 7) is -0.1000. The lowest BCUT2D eigenvalue weighted by Gasteiger charge is -2.02. The summed E-state index contributed by atoms with van der Waals surface area (Å²) in [5.41, 5.74) is 5.16. The molecular formula is C7H10N4O3. The maximum absolute atomic E-state index is 11.0. The Morgan fingerprint density at radius 1 is 1.71 bits per heavy atom. The second kappa shape index (κ2) is 4.38. The van der Waals surface area contributed by atoms with Crippen LogP contribution in [-0.4, -0.2) is 35.7 Å². The Bertz CT molecular complexity index is 346. The van der Waals surface area contributed by atoms with Crippen LogP contribution in [0.2, 0.25) is 0 Å². The Hall–Kier alpha value is -1.89. The van der Waals surface area contributed by atoms with Gasteiger partial charge in [-0.1, -0.05) is 0 Å². The molecule has 0 aliphatic carbocycles. The summed E-state index contributed by atoms with van der Waals surface area (Å²) >= 11 is 0. The van der Waals surface area contributed by atoms with E-state index in [9.17, 15) is 9.59 Å². The zero-order valence-corrected chi connectivity index (χ0v) is 7.53. The van der Waals surface area contributed by atoms with Crippen molar-refractivity contribution in [1.29, 1.82) is 0 Å². The molecule has 0 saturated carbocycles. The number of hydrogen-bond acceptors (Lipinski definition) is 4. The lowest BCUT2D eigenvalue weighted by Crippen LogP contribution is -2.20. The molecule has 7 nitrogen and oxygen atoms in total. The Balaban J connectivity index is 2.71. The second-order valence-electron chi connectivity index (χ2n) is 2.50. The fourth-order valence-corrected chi connectivity index (χ4v) is 0.875. The van der Waals surface area contributed by atoms with Crippen molar-refractivity contribution in [1.82, 2.24) is 10.2 Å². The highest BCUT2D eigenvalue weighted by atomic mass is 16.5. The zero-order chi connectivity index (χ0) is 10.6. The Labute approximate surface area is 79.6 Å². The van der Waals surface area contributed by atoms with E-state index in [1.165, 1.54) is 13.3 Å². The van der Waals surface area contributed by atoms with Crippen molar-refractivity contribution in [2.24, 2.45) is 5.73 Å². The van der Waals surface area contributed by atoms with Crippen LogP contribution >= 0.6 is 0 Å². The van der Waals surface area contributed by atoms with Gasteiger partial charge in [-0.05, 0) is 0 Å². The summed E-state index contributed by atoms with van der Waals surface area (Å²) in [7, 11) is 1.39. The third-order valence-electron chi connectivity index (χ3n) is 1.44. The van der Waals surface area contributed by atoms with Crippen LogP contribution in [0.5, 0.6) is 0 Å². The standard InChI is InChI=1S/C7H10N4O3/c1-14-3-5(12)10-7-4(6(8)13)2-9-11-7/h2H,3H2,1H3,(H2,8,13)(H2,9,10,11,12). The molecule has 0 aliphatic rings. The molecule has 0 radical (unpaired) electrons. The molecular weight excluding hydrogens is 188 g/mol. The lowest BCUT2D eigenvalue weighted by molar-refractivity contribution is -0.119. The third kappa shape index (κ3) is 2.30. The minimum atomic E-state index is -0.661. The van der Waals surface area contributed by atoms with Gasteiger partial charge in [-0.15, -0.1) is 0 Å². The highest BCUT2D eigenvalue weighted by Crippen LogP contribution is 2.09. The lowest BCUT2D eigenvalue weighted by atomic mass is 10.3. The number of anilines is 1. The molecule has 0 aromatic carbocycles. The van der Waals surface area contributed by atoms with Gasteiger partial charge in [0.2, 0.25) is 0 Å². The van der Waals surface area contributed by atoms with Gasteiger partial charge in [-0.25, -0.2) is 0 Å². The average Bonchev–Trinajstić information content (AvgIpc) is 2.52. The maximum atomic E-state index is 11.0. The van der Waals surface area contributed by atoms with Crippen molar-refractivity contribution >= 4 is 17.6 Å². The zero-order valence-electron chi connectivity index (χ0n) is 7.53. The van der Waals surface area contributed by atoms with Crippen molar-refractivity contribution < 1.29 is 14.3 Å². The van der Waals surface area contributed by atoms with Crippen LogP contribution in [0.4, 0.5) is 5.82 Å². The number of aromatic nitrogens is 2. The Morgan fingerprint density at radius 3 is 3.00 bits per heavy atom. The topological polar surface area (TPSA) is 110 Å². The van der Waals surface area contributed by atoms with Crippen LogP contribution < -0.4 is 11.1 Å². The van der Waals surface area contributed by atoms with E-state index >= 15 is 0 Å². The quantitative estimate of drug-likeness (QED) is 0.581. The summed E-state index contributed by atoms with van der Waals surface area (Å²) in [5.74, 6) is -0.870. The Morgan fingerprint density at radius 2 is 2.43 bits per heavy atom. The van der Waals surface area contributed by atoms with Crippen molar-refractivity contribution in [2.45, 2.75) is 0 Å². The molecule has 1 aromatic heterocycles. The number of nitrogens with one attached hydrogen (secondary N) is 2. The number of aromatic amines is 1. The first-order chi connectivity index (χ1) is 6.65. The number of nitrogens with two attached hydrogens (primary N) is 1. The van der Waals surface area contributed by atoms with Gasteiger partial charge in [0, 0.05) is 7.11 Å². The monoisotopic (exact) mass is 198 g/mol. The minimum absolute atomic E-state index is 0.1000. The van der Waals surface area contributed by atoms with Gasteiger partial charge in [-0.2, -0.15) is 5.10 Å². The number of H-pyrrole nitrogens is 1. The average molecular weight is 198 g/mol. The summed E-state index contributed by atoms with van der Waals surface area (Å²) in [6.07, 6.45) is 1.24. The van der Waals surface area contributed by atoms with Crippen LogP contribution in [0.1, 0.15) is 10.4 Å². The highest BCUT2D eigenvalue weighted by molar-refractivity contribution is 6.01. The predicted molar refractivity (Wildman–Crippen MR) is 47.6 cm³/mol. The van der Waals surface area contributed by atoms with E-state index in [0.29, 0.717) is 0 Å². The van der Waals surface area contributed by atoms with E-state index in [2.05, 4.69) is 20.3 Å². The van der Waals surface area contributed by atoms with Crippen LogP contribution in [0, 0.1) is 0 Å². The number of amides is 2. The summed E-state index contributed by atoms with van der Waals surface area (Å²) < 4.78 is 4.59. The molecule has 2 amide bonds. The third-order valence-corrected chi connectivity index (χ3v) is 1.44. The fraction of sp³-hybridized carbons (Fsp3) is 0.286. The Kier molecular flexibility index (Phi) is 3.19. The summed E-state index contributed by atoms with van der Waals surface area (Å²) in [4.78, 5) is 21.9.